The van der Waals surface area contributed by atoms with E-state index in [1.807, 2.05) is 0 Å². The Morgan fingerprint density at radius 1 is 1.30 bits per heavy atom. The fraction of sp³-hybridized carbons (Fsp3) is 0.667. The minimum absolute atomic E-state index is 0.0327. The van der Waals surface area contributed by atoms with Crippen molar-refractivity contribution >= 4 is 11.9 Å². The Bertz CT molecular complexity index is 606. The van der Waals surface area contributed by atoms with Crippen LogP contribution in [-0.2, 0) is 9.59 Å². The summed E-state index contributed by atoms with van der Waals surface area (Å²) < 4.78 is 0. The Morgan fingerprint density at radius 3 is 2.43 bits per heavy atom. The Labute approximate surface area is 130 Å². The first-order valence-electron chi connectivity index (χ1n) is 6.84. The van der Waals surface area contributed by atoms with Crippen molar-refractivity contribution in [1.82, 2.24) is 4.90 Å². The number of carbonyl (C=O) groups is 2. The fourth-order valence-electron chi connectivity index (χ4n) is 3.38. The summed E-state index contributed by atoms with van der Waals surface area (Å²) in [5.74, 6) is -2.29. The van der Waals surface area contributed by atoms with Crippen molar-refractivity contribution in [2.45, 2.75) is 36.4 Å². The van der Waals surface area contributed by atoms with Crippen LogP contribution >= 0.6 is 0 Å². The SMILES string of the molecule is NC(=O)C[C@H](C(=O)O)N1C[C@@]2([N+](=O)[O-])C=CC[C@@]([N+](=O)[O-])(C1)C2. The summed E-state index contributed by atoms with van der Waals surface area (Å²) in [6.07, 6.45) is 1.77. The molecule has 23 heavy (non-hydrogen) atoms. The lowest BCUT2D eigenvalue weighted by Crippen LogP contribution is -2.68. The summed E-state index contributed by atoms with van der Waals surface area (Å²) in [7, 11) is 0. The van der Waals surface area contributed by atoms with Gasteiger partial charge in [-0.2, -0.15) is 0 Å². The Hall–Kier alpha value is -2.56. The van der Waals surface area contributed by atoms with Gasteiger partial charge in [-0.1, -0.05) is 6.08 Å². The zero-order valence-electron chi connectivity index (χ0n) is 12.1. The van der Waals surface area contributed by atoms with E-state index in [1.54, 1.807) is 0 Å². The first-order valence-corrected chi connectivity index (χ1v) is 6.84. The van der Waals surface area contributed by atoms with Crippen molar-refractivity contribution < 1.29 is 24.5 Å². The minimum atomic E-state index is -1.74. The van der Waals surface area contributed by atoms with Crippen LogP contribution in [-0.4, -0.2) is 61.9 Å². The predicted molar refractivity (Wildman–Crippen MR) is 74.6 cm³/mol. The summed E-state index contributed by atoms with van der Waals surface area (Å²) in [6.45, 7) is -0.611. The van der Waals surface area contributed by atoms with Crippen molar-refractivity contribution in [3.63, 3.8) is 0 Å². The molecule has 0 aromatic heterocycles. The largest absolute Gasteiger partial charge is 0.480 e. The average molecular weight is 328 g/mol. The lowest BCUT2D eigenvalue weighted by Gasteiger charge is -2.45. The highest BCUT2D eigenvalue weighted by molar-refractivity contribution is 5.83. The van der Waals surface area contributed by atoms with E-state index < -0.39 is 45.3 Å². The van der Waals surface area contributed by atoms with Crippen molar-refractivity contribution in [2.24, 2.45) is 5.73 Å². The molecule has 0 aromatic rings. The van der Waals surface area contributed by atoms with E-state index in [4.69, 9.17) is 5.73 Å². The molecule has 3 atom stereocenters. The van der Waals surface area contributed by atoms with Gasteiger partial charge in [0.2, 0.25) is 11.4 Å². The molecule has 1 heterocycles. The molecule has 0 saturated carbocycles. The third-order valence-electron chi connectivity index (χ3n) is 4.41. The molecule has 0 aromatic carbocycles. The topological polar surface area (TPSA) is 170 Å². The van der Waals surface area contributed by atoms with Crippen LogP contribution in [0.3, 0.4) is 0 Å². The highest BCUT2D eigenvalue weighted by atomic mass is 16.6. The average Bonchev–Trinajstić information content (AvgIpc) is 2.43. The number of likely N-dealkylation sites (tertiary alicyclic amines) is 1. The number of fused-ring (bicyclic) bond motifs is 2. The number of amides is 1. The van der Waals surface area contributed by atoms with Crippen molar-refractivity contribution in [2.75, 3.05) is 13.1 Å². The maximum Gasteiger partial charge on any atom is 0.321 e. The number of nitro groups is 2. The fourth-order valence-corrected chi connectivity index (χ4v) is 3.38. The second kappa shape index (κ2) is 5.57. The summed E-state index contributed by atoms with van der Waals surface area (Å²) >= 11 is 0. The maximum atomic E-state index is 11.5. The van der Waals surface area contributed by atoms with Crippen molar-refractivity contribution in [3.8, 4) is 0 Å². The number of rotatable bonds is 6. The number of hydrogen-bond acceptors (Lipinski definition) is 7. The summed E-state index contributed by atoms with van der Waals surface area (Å²) in [4.78, 5) is 45.3. The molecule has 1 amide bonds. The minimum Gasteiger partial charge on any atom is -0.480 e. The van der Waals surface area contributed by atoms with Crippen LogP contribution in [0.2, 0.25) is 0 Å². The highest BCUT2D eigenvalue weighted by Gasteiger charge is 2.63. The van der Waals surface area contributed by atoms with Crippen LogP contribution in [0.1, 0.15) is 19.3 Å². The van der Waals surface area contributed by atoms with Gasteiger partial charge in [0.25, 0.3) is 5.54 Å². The molecule has 0 spiro atoms. The van der Waals surface area contributed by atoms with E-state index in [2.05, 4.69) is 0 Å². The molecule has 2 rings (SSSR count). The lowest BCUT2D eigenvalue weighted by atomic mass is 9.71. The third-order valence-corrected chi connectivity index (χ3v) is 4.41. The molecule has 1 aliphatic carbocycles. The highest BCUT2D eigenvalue weighted by Crippen LogP contribution is 2.41. The quantitative estimate of drug-likeness (QED) is 0.355. The first-order chi connectivity index (χ1) is 10.6. The zero-order chi connectivity index (χ0) is 17.4. The van der Waals surface area contributed by atoms with Gasteiger partial charge in [0.15, 0.2) is 0 Å². The zero-order valence-corrected chi connectivity index (χ0v) is 12.1. The monoisotopic (exact) mass is 328 g/mol. The standard InChI is InChI=1S/C12H16N4O7/c13-9(17)4-8(10(18)19)14-6-11(15(20)21)2-1-3-12(5-11,7-14)16(22)23/h1-2,8H,3-7H2,(H2,13,17)(H,18,19)/t8-,11-,12+/m1/s1. The van der Waals surface area contributed by atoms with Gasteiger partial charge in [-0.3, -0.25) is 34.7 Å². The number of carboxylic acids is 1. The van der Waals surface area contributed by atoms with E-state index in [-0.39, 0.29) is 25.9 Å². The van der Waals surface area contributed by atoms with Crippen molar-refractivity contribution in [3.05, 3.63) is 32.4 Å². The molecule has 2 bridgehead atoms. The van der Waals surface area contributed by atoms with Crippen LogP contribution < -0.4 is 5.73 Å². The Balaban J connectivity index is 2.45. The molecule has 0 radical (unpaired) electrons. The van der Waals surface area contributed by atoms with Crippen LogP contribution in [0, 0.1) is 20.2 Å². The number of carboxylic acid groups (broad SMARTS) is 1. The number of carbonyl (C=O) groups excluding carboxylic acids is 1. The van der Waals surface area contributed by atoms with E-state index in [0.29, 0.717) is 0 Å². The van der Waals surface area contributed by atoms with E-state index in [0.717, 1.165) is 4.90 Å². The van der Waals surface area contributed by atoms with Gasteiger partial charge < -0.3 is 10.8 Å². The number of nitrogens with zero attached hydrogens (tertiary/aromatic N) is 3. The van der Waals surface area contributed by atoms with Crippen LogP contribution in [0.4, 0.5) is 0 Å². The second-order valence-electron chi connectivity index (χ2n) is 6.05. The summed E-state index contributed by atoms with van der Waals surface area (Å²) in [6, 6.07) is -1.43. The van der Waals surface area contributed by atoms with Crippen molar-refractivity contribution in [1.29, 1.82) is 0 Å². The van der Waals surface area contributed by atoms with Crippen LogP contribution in [0.15, 0.2) is 12.2 Å². The predicted octanol–water partition coefficient (Wildman–Crippen LogP) is -0.988. The number of piperidine rings is 1. The summed E-state index contributed by atoms with van der Waals surface area (Å²) in [5.41, 5.74) is 1.64. The Morgan fingerprint density at radius 2 is 1.96 bits per heavy atom. The number of hydrogen-bond donors (Lipinski definition) is 2. The molecule has 3 N–H and O–H groups in total. The molecule has 11 heteroatoms. The van der Waals surface area contributed by atoms with Gasteiger partial charge in [0, 0.05) is 16.3 Å². The number of primary amides is 1. The van der Waals surface area contributed by atoms with Crippen LogP contribution in [0.25, 0.3) is 0 Å². The van der Waals surface area contributed by atoms with Crippen LogP contribution in [0.5, 0.6) is 0 Å². The lowest BCUT2D eigenvalue weighted by molar-refractivity contribution is -0.619. The molecular weight excluding hydrogens is 312 g/mol. The smallest absolute Gasteiger partial charge is 0.321 e. The van der Waals surface area contributed by atoms with Gasteiger partial charge in [0.1, 0.15) is 6.04 Å². The summed E-state index contributed by atoms with van der Waals surface area (Å²) in [5, 5.41) is 32.2. The second-order valence-corrected chi connectivity index (χ2v) is 6.05. The van der Waals surface area contributed by atoms with Gasteiger partial charge in [-0.15, -0.1) is 0 Å². The Kier molecular flexibility index (Phi) is 4.07. The molecule has 126 valence electrons. The van der Waals surface area contributed by atoms with E-state index in [9.17, 15) is 34.9 Å². The molecule has 2 aliphatic rings. The number of aliphatic carboxylic acids is 1. The molecular formula is C12H16N4O7. The molecule has 1 saturated heterocycles. The van der Waals surface area contributed by atoms with Gasteiger partial charge in [0.05, 0.1) is 25.9 Å². The van der Waals surface area contributed by atoms with Gasteiger partial charge in [-0.05, 0) is 6.08 Å². The molecule has 1 aliphatic heterocycles. The molecule has 1 fully saturated rings. The van der Waals surface area contributed by atoms with Gasteiger partial charge >= 0.3 is 5.97 Å². The first kappa shape index (κ1) is 16.8. The third kappa shape index (κ3) is 2.86. The maximum absolute atomic E-state index is 11.5. The molecule has 11 nitrogen and oxygen atoms in total. The van der Waals surface area contributed by atoms with E-state index >= 15 is 0 Å². The normalized spacial score (nSPS) is 31.3. The molecule has 0 unspecified atom stereocenters. The van der Waals surface area contributed by atoms with E-state index in [1.165, 1.54) is 12.2 Å². The number of nitrogens with two attached hydrogens (primary N) is 1. The van der Waals surface area contributed by atoms with Gasteiger partial charge in [-0.25, -0.2) is 0 Å².